The van der Waals surface area contributed by atoms with Crippen molar-refractivity contribution in [1.82, 2.24) is 4.90 Å². The molecule has 0 radical (unpaired) electrons. The van der Waals surface area contributed by atoms with Gasteiger partial charge in [-0.2, -0.15) is 0 Å². The lowest BCUT2D eigenvalue weighted by molar-refractivity contribution is 0.0736. The van der Waals surface area contributed by atoms with E-state index in [1.165, 1.54) is 0 Å². The van der Waals surface area contributed by atoms with E-state index in [1.54, 1.807) is 31.2 Å². The summed E-state index contributed by atoms with van der Waals surface area (Å²) in [6.45, 7) is 6.45. The summed E-state index contributed by atoms with van der Waals surface area (Å²) in [5.41, 5.74) is 0.770. The minimum Gasteiger partial charge on any atom is -0.336 e. The van der Waals surface area contributed by atoms with Crippen LogP contribution in [0.25, 0.3) is 0 Å². The van der Waals surface area contributed by atoms with E-state index in [-0.39, 0.29) is 17.7 Å². The van der Waals surface area contributed by atoms with Gasteiger partial charge in [0.05, 0.1) is 17.0 Å². The maximum absolute atomic E-state index is 12.7. The number of amides is 1. The van der Waals surface area contributed by atoms with Gasteiger partial charge < -0.3 is 4.90 Å². The van der Waals surface area contributed by atoms with Crippen molar-refractivity contribution in [2.24, 2.45) is 5.92 Å². The summed E-state index contributed by atoms with van der Waals surface area (Å²) in [5, 5.41) is 0. The zero-order valence-corrected chi connectivity index (χ0v) is 13.5. The molecule has 2 atom stereocenters. The molecule has 21 heavy (non-hydrogen) atoms. The van der Waals surface area contributed by atoms with E-state index in [0.29, 0.717) is 17.2 Å². The maximum Gasteiger partial charge on any atom is 0.256 e. The molecule has 1 aliphatic heterocycles. The molecule has 0 aliphatic carbocycles. The van der Waals surface area contributed by atoms with E-state index in [0.717, 1.165) is 13.0 Å². The normalized spacial score (nSPS) is 22.3. The van der Waals surface area contributed by atoms with E-state index < -0.39 is 10.0 Å². The maximum atomic E-state index is 12.7. The van der Waals surface area contributed by atoms with Crippen LogP contribution in [-0.4, -0.2) is 37.6 Å². The van der Waals surface area contributed by atoms with Gasteiger partial charge in [-0.05, 0) is 38.3 Å². The van der Waals surface area contributed by atoms with E-state index in [4.69, 9.17) is 0 Å². The quantitative estimate of drug-likeness (QED) is 0.928. The number of carbonyl (C=O) groups excluding carboxylic acids is 1. The van der Waals surface area contributed by atoms with Crippen molar-refractivity contribution in [1.29, 1.82) is 0 Å². The van der Waals surface area contributed by atoms with Gasteiger partial charge in [-0.1, -0.05) is 19.1 Å². The average molecular weight is 310 g/mol. The number of nitrogens with one attached hydrogen (secondary N) is 1. The number of hydrogen-bond donors (Lipinski definition) is 1. The topological polar surface area (TPSA) is 66.5 Å². The Bertz CT molecular complexity index is 628. The van der Waals surface area contributed by atoms with E-state index in [9.17, 15) is 13.2 Å². The van der Waals surface area contributed by atoms with Gasteiger partial charge in [0, 0.05) is 12.6 Å². The van der Waals surface area contributed by atoms with Gasteiger partial charge in [0.1, 0.15) is 0 Å². The van der Waals surface area contributed by atoms with Gasteiger partial charge >= 0.3 is 0 Å². The highest BCUT2D eigenvalue weighted by molar-refractivity contribution is 7.92. The second kappa shape index (κ2) is 6.05. The molecule has 1 N–H and O–H groups in total. The van der Waals surface area contributed by atoms with Crippen LogP contribution in [0.5, 0.6) is 0 Å². The number of rotatable bonds is 4. The molecule has 0 bridgehead atoms. The Labute approximate surface area is 126 Å². The predicted octanol–water partition coefficient (Wildman–Crippen LogP) is 2.32. The van der Waals surface area contributed by atoms with Crippen LogP contribution >= 0.6 is 0 Å². The molecule has 1 aromatic rings. The lowest BCUT2D eigenvalue weighted by atomic mass is 10.0. The minimum atomic E-state index is -3.40. The third-order valence-electron chi connectivity index (χ3n) is 4.20. The lowest BCUT2D eigenvalue weighted by Gasteiger charge is -2.24. The molecule has 0 saturated carbocycles. The molecule has 1 aromatic carbocycles. The third kappa shape index (κ3) is 3.37. The number of para-hydroxylation sites is 1. The Balaban J connectivity index is 2.30. The molecule has 0 spiro atoms. The summed E-state index contributed by atoms with van der Waals surface area (Å²) in [6, 6.07) is 6.95. The van der Waals surface area contributed by atoms with E-state index >= 15 is 0 Å². The van der Waals surface area contributed by atoms with Crippen molar-refractivity contribution in [3.63, 3.8) is 0 Å². The Morgan fingerprint density at radius 3 is 2.57 bits per heavy atom. The molecular weight excluding hydrogens is 288 g/mol. The number of carbonyl (C=O) groups is 1. The highest BCUT2D eigenvalue weighted by Crippen LogP contribution is 2.27. The number of likely N-dealkylation sites (tertiary alicyclic amines) is 1. The Morgan fingerprint density at radius 2 is 2.00 bits per heavy atom. The molecule has 5 nitrogen and oxygen atoms in total. The van der Waals surface area contributed by atoms with Crippen LogP contribution in [0.1, 0.15) is 37.6 Å². The van der Waals surface area contributed by atoms with Gasteiger partial charge in [-0.15, -0.1) is 0 Å². The molecule has 2 unspecified atom stereocenters. The van der Waals surface area contributed by atoms with Gasteiger partial charge in [0.25, 0.3) is 5.91 Å². The van der Waals surface area contributed by atoms with Gasteiger partial charge in [-0.25, -0.2) is 8.42 Å². The van der Waals surface area contributed by atoms with Crippen molar-refractivity contribution >= 4 is 21.6 Å². The second-order valence-corrected chi connectivity index (χ2v) is 7.57. The smallest absolute Gasteiger partial charge is 0.256 e. The van der Waals surface area contributed by atoms with Crippen LogP contribution in [0.15, 0.2) is 24.3 Å². The van der Waals surface area contributed by atoms with Gasteiger partial charge in [0.15, 0.2) is 0 Å². The minimum absolute atomic E-state index is 0.0212. The standard InChI is InChI=1S/C15H22N2O3S/c1-4-21(19,20)16-14-8-6-5-7-13(14)15(18)17-10-9-11(2)12(17)3/h5-8,11-12,16H,4,9-10H2,1-3H3. The van der Waals surface area contributed by atoms with E-state index in [1.807, 2.05) is 11.8 Å². The second-order valence-electron chi connectivity index (χ2n) is 5.56. The first-order chi connectivity index (χ1) is 9.85. The summed E-state index contributed by atoms with van der Waals surface area (Å²) in [4.78, 5) is 14.5. The number of nitrogens with zero attached hydrogens (tertiary/aromatic N) is 1. The first-order valence-electron chi connectivity index (χ1n) is 7.26. The molecule has 1 saturated heterocycles. The van der Waals surface area contributed by atoms with Crippen molar-refractivity contribution in [2.45, 2.75) is 33.2 Å². The first kappa shape index (κ1) is 15.8. The SMILES string of the molecule is CCS(=O)(=O)Nc1ccccc1C(=O)N1CCC(C)C1C. The molecule has 116 valence electrons. The summed E-state index contributed by atoms with van der Waals surface area (Å²) >= 11 is 0. The summed E-state index contributed by atoms with van der Waals surface area (Å²) in [7, 11) is -3.40. The highest BCUT2D eigenvalue weighted by atomic mass is 32.2. The molecule has 1 fully saturated rings. The third-order valence-corrected chi connectivity index (χ3v) is 5.50. The van der Waals surface area contributed by atoms with Crippen LogP contribution in [0.3, 0.4) is 0 Å². The van der Waals surface area contributed by atoms with Crippen LogP contribution in [-0.2, 0) is 10.0 Å². The molecule has 2 rings (SSSR count). The fraction of sp³-hybridized carbons (Fsp3) is 0.533. The van der Waals surface area contributed by atoms with Gasteiger partial charge in [-0.3, -0.25) is 9.52 Å². The lowest BCUT2D eigenvalue weighted by Crippen LogP contribution is -2.36. The van der Waals surface area contributed by atoms with Crippen LogP contribution in [0.4, 0.5) is 5.69 Å². The van der Waals surface area contributed by atoms with Crippen molar-refractivity contribution < 1.29 is 13.2 Å². The number of benzene rings is 1. The van der Waals surface area contributed by atoms with Gasteiger partial charge in [0.2, 0.25) is 10.0 Å². The molecule has 0 aromatic heterocycles. The van der Waals surface area contributed by atoms with Crippen molar-refractivity contribution in [3.05, 3.63) is 29.8 Å². The average Bonchev–Trinajstić information content (AvgIpc) is 2.78. The summed E-state index contributed by atoms with van der Waals surface area (Å²) in [6.07, 6.45) is 0.982. The summed E-state index contributed by atoms with van der Waals surface area (Å²) in [5.74, 6) is 0.335. The molecule has 6 heteroatoms. The first-order valence-corrected chi connectivity index (χ1v) is 8.91. The number of hydrogen-bond acceptors (Lipinski definition) is 3. The molecular formula is C15H22N2O3S. The number of sulfonamides is 1. The highest BCUT2D eigenvalue weighted by Gasteiger charge is 2.32. The number of anilines is 1. The van der Waals surface area contributed by atoms with Crippen LogP contribution in [0, 0.1) is 5.92 Å². The largest absolute Gasteiger partial charge is 0.336 e. The Kier molecular flexibility index (Phi) is 4.56. The fourth-order valence-electron chi connectivity index (χ4n) is 2.53. The van der Waals surface area contributed by atoms with Crippen LogP contribution < -0.4 is 4.72 Å². The fourth-order valence-corrected chi connectivity index (χ4v) is 3.19. The van der Waals surface area contributed by atoms with Crippen molar-refractivity contribution in [3.8, 4) is 0 Å². The molecule has 1 amide bonds. The zero-order chi connectivity index (χ0) is 15.6. The summed E-state index contributed by atoms with van der Waals surface area (Å²) < 4.78 is 26.0. The Hall–Kier alpha value is -1.56. The monoisotopic (exact) mass is 310 g/mol. The zero-order valence-electron chi connectivity index (χ0n) is 12.7. The predicted molar refractivity (Wildman–Crippen MR) is 83.8 cm³/mol. The molecule has 1 heterocycles. The van der Waals surface area contributed by atoms with Crippen molar-refractivity contribution in [2.75, 3.05) is 17.0 Å². The Morgan fingerprint density at radius 1 is 1.33 bits per heavy atom. The van der Waals surface area contributed by atoms with E-state index in [2.05, 4.69) is 11.6 Å². The molecule has 1 aliphatic rings. The van der Waals surface area contributed by atoms with Crippen LogP contribution in [0.2, 0.25) is 0 Å².